The summed E-state index contributed by atoms with van der Waals surface area (Å²) in [6.45, 7) is 7.91. The predicted molar refractivity (Wildman–Crippen MR) is 193 cm³/mol. The fourth-order valence-corrected chi connectivity index (χ4v) is 11.9. The van der Waals surface area contributed by atoms with Gasteiger partial charge in [-0.2, -0.15) is 0 Å². The van der Waals surface area contributed by atoms with Crippen molar-refractivity contribution in [1.82, 2.24) is 0 Å². The van der Waals surface area contributed by atoms with E-state index in [9.17, 15) is 26.3 Å². The van der Waals surface area contributed by atoms with Gasteiger partial charge < -0.3 is 14.6 Å². The third-order valence-corrected chi connectivity index (χ3v) is 15.0. The van der Waals surface area contributed by atoms with Crippen LogP contribution < -0.4 is 0 Å². The molecule has 0 radical (unpaired) electrons. The first kappa shape index (κ1) is 43.2. The molecule has 0 aromatic rings. The monoisotopic (exact) mass is 739 g/mol. The van der Waals surface area contributed by atoms with Gasteiger partial charge >= 0.3 is 0 Å². The Hall–Kier alpha value is -0.540. The summed E-state index contributed by atoms with van der Waals surface area (Å²) < 4.78 is 90.7. The highest BCUT2D eigenvalue weighted by Gasteiger charge is 2.61. The van der Waals surface area contributed by atoms with Crippen LogP contribution in [0, 0.1) is 46.3 Å². The third kappa shape index (κ3) is 10.4. The summed E-state index contributed by atoms with van der Waals surface area (Å²) in [7, 11) is 0. The van der Waals surface area contributed by atoms with Crippen LogP contribution in [-0.2, 0) is 9.47 Å². The summed E-state index contributed by atoms with van der Waals surface area (Å²) in [6.07, 6.45) is 15.4. The lowest BCUT2D eigenvalue weighted by atomic mass is 9.44. The van der Waals surface area contributed by atoms with Gasteiger partial charge in [-0.1, -0.05) is 85.0 Å². The van der Waals surface area contributed by atoms with E-state index in [2.05, 4.69) is 25.5 Å². The second-order valence-corrected chi connectivity index (χ2v) is 17.8. The number of ether oxygens (including phenoxy) is 2. The molecule has 0 aromatic carbocycles. The summed E-state index contributed by atoms with van der Waals surface area (Å²) in [6, 6.07) is 0. The molecular formula is C42H72F6O3. The molecular weight excluding hydrogens is 666 g/mol. The highest BCUT2D eigenvalue weighted by atomic mass is 19.3. The highest BCUT2D eigenvalue weighted by molar-refractivity contribution is 5.10. The van der Waals surface area contributed by atoms with Crippen molar-refractivity contribution in [2.24, 2.45) is 46.3 Å². The Balaban J connectivity index is 1.15. The smallest absolute Gasteiger partial charge is 0.278 e. The molecule has 0 unspecified atom stereocenters. The topological polar surface area (TPSA) is 38.7 Å². The van der Waals surface area contributed by atoms with Gasteiger partial charge in [-0.05, 0) is 130 Å². The molecule has 0 amide bonds. The lowest BCUT2D eigenvalue weighted by Gasteiger charge is -2.61. The molecule has 300 valence electrons. The van der Waals surface area contributed by atoms with E-state index in [1.807, 2.05) is 0 Å². The van der Waals surface area contributed by atoms with Crippen LogP contribution in [0.4, 0.5) is 26.3 Å². The molecule has 51 heavy (non-hydrogen) atoms. The van der Waals surface area contributed by atoms with Gasteiger partial charge in [-0.15, -0.1) is 0 Å². The van der Waals surface area contributed by atoms with Crippen LogP contribution in [0.25, 0.3) is 0 Å². The summed E-state index contributed by atoms with van der Waals surface area (Å²) in [5.74, 6) is 3.58. The van der Waals surface area contributed by atoms with E-state index in [0.717, 1.165) is 43.6 Å². The molecule has 0 aromatic heterocycles. The van der Waals surface area contributed by atoms with E-state index in [-0.39, 0.29) is 17.8 Å². The van der Waals surface area contributed by atoms with Crippen LogP contribution >= 0.6 is 0 Å². The average molecular weight is 739 g/mol. The summed E-state index contributed by atoms with van der Waals surface area (Å²) in [4.78, 5) is 0. The standard InChI is InChI=1S/C42H72F6O3/c1-30(17-16-28-51-42(37(43)44,38(45)46)39(47)48)34-20-21-35-33-19-18-31-29-32(22-24-40(31,2)36(33)23-25-41(34,35)3)50-27-15-13-11-9-7-5-4-6-8-10-12-14-26-49/h30-39,49H,4-29H2,1-3H3/t30-,31-,32-,33+,34-,35+,36+,40+,41-/m1/s1. The Labute approximate surface area is 306 Å². The van der Waals surface area contributed by atoms with Crippen LogP contribution in [0.15, 0.2) is 0 Å². The average Bonchev–Trinajstić information content (AvgIpc) is 3.45. The molecule has 4 rings (SSSR count). The van der Waals surface area contributed by atoms with Crippen molar-refractivity contribution < 1.29 is 40.9 Å². The number of hydrogen-bond donors (Lipinski definition) is 1. The van der Waals surface area contributed by atoms with Gasteiger partial charge in [-0.3, -0.25) is 0 Å². The highest BCUT2D eigenvalue weighted by Crippen LogP contribution is 2.68. The Morgan fingerprint density at radius 3 is 1.76 bits per heavy atom. The minimum absolute atomic E-state index is 0.199. The van der Waals surface area contributed by atoms with Crippen LogP contribution in [-0.4, -0.2) is 55.9 Å². The van der Waals surface area contributed by atoms with Crippen molar-refractivity contribution in [3.63, 3.8) is 0 Å². The number of aliphatic hydroxyl groups is 1. The van der Waals surface area contributed by atoms with E-state index < -0.39 is 31.5 Å². The van der Waals surface area contributed by atoms with Gasteiger partial charge in [0.25, 0.3) is 19.3 Å². The number of hydrogen-bond acceptors (Lipinski definition) is 3. The Morgan fingerprint density at radius 2 is 1.18 bits per heavy atom. The number of unbranched alkanes of at least 4 members (excludes halogenated alkanes) is 11. The first-order valence-corrected chi connectivity index (χ1v) is 21.1. The van der Waals surface area contributed by atoms with Crippen LogP contribution in [0.3, 0.4) is 0 Å². The van der Waals surface area contributed by atoms with E-state index in [4.69, 9.17) is 9.84 Å². The Kier molecular flexibility index (Phi) is 17.3. The fourth-order valence-electron chi connectivity index (χ4n) is 11.9. The zero-order valence-corrected chi connectivity index (χ0v) is 32.2. The molecule has 1 N–H and O–H groups in total. The third-order valence-electron chi connectivity index (χ3n) is 15.0. The molecule has 4 aliphatic rings. The maximum absolute atomic E-state index is 13.3. The summed E-state index contributed by atoms with van der Waals surface area (Å²) in [5, 5.41) is 8.86. The van der Waals surface area contributed by atoms with Crippen molar-refractivity contribution in [3.8, 4) is 0 Å². The van der Waals surface area contributed by atoms with Gasteiger partial charge in [0.15, 0.2) is 0 Å². The van der Waals surface area contributed by atoms with E-state index in [0.29, 0.717) is 36.4 Å². The summed E-state index contributed by atoms with van der Waals surface area (Å²) in [5.41, 5.74) is -3.43. The van der Waals surface area contributed by atoms with E-state index in [1.54, 1.807) is 0 Å². The van der Waals surface area contributed by atoms with Crippen LogP contribution in [0.1, 0.15) is 168 Å². The van der Waals surface area contributed by atoms with Gasteiger partial charge in [-0.25, -0.2) is 26.3 Å². The molecule has 4 fully saturated rings. The molecule has 0 bridgehead atoms. The second kappa shape index (κ2) is 20.4. The SMILES string of the molecule is C[C@H](CCCOC(C(F)F)(C(F)F)C(F)F)[C@H]1CC[C@H]2[C@@H]3CC[C@@H]4C[C@H](OCCCCCCCCCCCCCCO)CC[C@]4(C)[C@H]3CC[C@]12C. The maximum Gasteiger partial charge on any atom is 0.278 e. The van der Waals surface area contributed by atoms with Crippen molar-refractivity contribution in [1.29, 1.82) is 0 Å². The Morgan fingerprint density at radius 1 is 0.627 bits per heavy atom. The molecule has 3 nitrogen and oxygen atoms in total. The minimum Gasteiger partial charge on any atom is -0.396 e. The summed E-state index contributed by atoms with van der Waals surface area (Å²) >= 11 is 0. The minimum atomic E-state index is -4.01. The second-order valence-electron chi connectivity index (χ2n) is 17.8. The van der Waals surface area contributed by atoms with Gasteiger partial charge in [0, 0.05) is 19.8 Å². The van der Waals surface area contributed by atoms with E-state index in [1.165, 1.54) is 116 Å². The van der Waals surface area contributed by atoms with Crippen LogP contribution in [0.2, 0.25) is 0 Å². The zero-order chi connectivity index (χ0) is 37.1. The molecule has 9 atom stereocenters. The molecule has 0 spiro atoms. The first-order valence-electron chi connectivity index (χ1n) is 21.1. The lowest BCUT2D eigenvalue weighted by molar-refractivity contribution is -0.262. The number of rotatable bonds is 24. The number of fused-ring (bicyclic) bond motifs is 5. The van der Waals surface area contributed by atoms with Crippen molar-refractivity contribution in [2.75, 3.05) is 19.8 Å². The quantitative estimate of drug-likeness (QED) is 0.0792. The largest absolute Gasteiger partial charge is 0.396 e. The number of aliphatic hydroxyl groups excluding tert-OH is 1. The maximum atomic E-state index is 13.3. The van der Waals surface area contributed by atoms with Crippen molar-refractivity contribution in [2.45, 2.75) is 199 Å². The van der Waals surface area contributed by atoms with Crippen molar-refractivity contribution in [3.05, 3.63) is 0 Å². The van der Waals surface area contributed by atoms with Gasteiger partial charge in [0.1, 0.15) is 0 Å². The van der Waals surface area contributed by atoms with Crippen LogP contribution in [0.5, 0.6) is 0 Å². The van der Waals surface area contributed by atoms with E-state index >= 15 is 0 Å². The molecule has 0 heterocycles. The fraction of sp³-hybridized carbons (Fsp3) is 1.00. The lowest BCUT2D eigenvalue weighted by Crippen LogP contribution is -2.54. The Bertz CT molecular complexity index is 962. The predicted octanol–water partition coefficient (Wildman–Crippen LogP) is 12.7. The molecule has 9 heteroatoms. The molecule has 0 saturated heterocycles. The number of halogens is 6. The van der Waals surface area contributed by atoms with Gasteiger partial charge in [0.2, 0.25) is 5.60 Å². The molecule has 4 saturated carbocycles. The molecule has 4 aliphatic carbocycles. The van der Waals surface area contributed by atoms with Gasteiger partial charge in [0.05, 0.1) is 6.10 Å². The zero-order valence-electron chi connectivity index (χ0n) is 32.2. The van der Waals surface area contributed by atoms with Crippen molar-refractivity contribution >= 4 is 0 Å². The first-order chi connectivity index (χ1) is 24.4. The molecule has 0 aliphatic heterocycles. The number of alkyl halides is 6. The normalized spacial score (nSPS) is 33.1.